The molecule has 0 saturated carbocycles. The molecule has 1 saturated heterocycles. The molecule has 0 bridgehead atoms. The van der Waals surface area contributed by atoms with Gasteiger partial charge in [-0.3, -0.25) is 0 Å². The van der Waals surface area contributed by atoms with Gasteiger partial charge < -0.3 is 14.9 Å². The molecule has 1 aliphatic heterocycles. The fourth-order valence-electron chi connectivity index (χ4n) is 2.55. The Hall–Kier alpha value is -0.320. The predicted octanol–water partition coefficient (Wildman–Crippen LogP) is 3.00. The fourth-order valence-corrected chi connectivity index (χ4v) is 2.86. The third-order valence-corrected chi connectivity index (χ3v) is 4.29. The lowest BCUT2D eigenvalue weighted by molar-refractivity contribution is -0.0641. The molecule has 1 aliphatic rings. The second-order valence-electron chi connectivity index (χ2n) is 4.86. The van der Waals surface area contributed by atoms with Crippen LogP contribution in [0.25, 0.3) is 0 Å². The van der Waals surface area contributed by atoms with Crippen molar-refractivity contribution in [1.29, 1.82) is 0 Å². The van der Waals surface area contributed by atoms with Gasteiger partial charge in [-0.2, -0.15) is 0 Å². The first kappa shape index (κ1) is 15.1. The highest BCUT2D eigenvalue weighted by Gasteiger charge is 2.31. The van der Waals surface area contributed by atoms with Crippen molar-refractivity contribution in [3.63, 3.8) is 0 Å². The van der Waals surface area contributed by atoms with Crippen LogP contribution in [0.1, 0.15) is 30.7 Å². The third kappa shape index (κ3) is 3.61. The smallest absolute Gasteiger partial charge is 0.104 e. The molecular formula is C14H18Cl2O3. The summed E-state index contributed by atoms with van der Waals surface area (Å²) in [5, 5.41) is 20.1. The fraction of sp³-hybridized carbons (Fsp3) is 0.571. The molecule has 19 heavy (non-hydrogen) atoms. The van der Waals surface area contributed by atoms with Gasteiger partial charge >= 0.3 is 0 Å². The quantitative estimate of drug-likeness (QED) is 0.902. The molecule has 106 valence electrons. The van der Waals surface area contributed by atoms with Gasteiger partial charge in [-0.25, -0.2) is 0 Å². The first-order chi connectivity index (χ1) is 9.13. The molecule has 0 aromatic heterocycles. The highest BCUT2D eigenvalue weighted by atomic mass is 35.5. The minimum Gasteiger partial charge on any atom is -0.394 e. The maximum absolute atomic E-state index is 9.93. The summed E-state index contributed by atoms with van der Waals surface area (Å²) >= 11 is 12.0. The maximum atomic E-state index is 9.93. The SMILES string of the molecule is OC[C@H](O)[C@@H]1OCCCC[C@H]1c1ccc(Cl)c(Cl)c1. The van der Waals surface area contributed by atoms with E-state index in [4.69, 9.17) is 33.0 Å². The minimum atomic E-state index is -0.877. The molecule has 1 aromatic rings. The van der Waals surface area contributed by atoms with Gasteiger partial charge in [-0.05, 0) is 30.5 Å². The van der Waals surface area contributed by atoms with Crippen LogP contribution in [0.4, 0.5) is 0 Å². The van der Waals surface area contributed by atoms with Crippen molar-refractivity contribution in [2.24, 2.45) is 0 Å². The van der Waals surface area contributed by atoms with E-state index in [1.165, 1.54) is 0 Å². The molecule has 0 radical (unpaired) electrons. The van der Waals surface area contributed by atoms with Gasteiger partial charge in [0, 0.05) is 12.5 Å². The van der Waals surface area contributed by atoms with Crippen molar-refractivity contribution in [3.05, 3.63) is 33.8 Å². The van der Waals surface area contributed by atoms with E-state index in [0.29, 0.717) is 16.7 Å². The van der Waals surface area contributed by atoms with Gasteiger partial charge in [0.15, 0.2) is 0 Å². The summed E-state index contributed by atoms with van der Waals surface area (Å²) in [5.74, 6) is 0.0272. The summed E-state index contributed by atoms with van der Waals surface area (Å²) in [6.45, 7) is 0.308. The van der Waals surface area contributed by atoms with E-state index in [-0.39, 0.29) is 12.5 Å². The van der Waals surface area contributed by atoms with Crippen molar-refractivity contribution >= 4 is 23.2 Å². The van der Waals surface area contributed by atoms with Crippen molar-refractivity contribution in [1.82, 2.24) is 0 Å². The number of aliphatic hydroxyl groups excluding tert-OH is 2. The monoisotopic (exact) mass is 304 g/mol. The van der Waals surface area contributed by atoms with Crippen LogP contribution >= 0.6 is 23.2 Å². The average Bonchev–Trinajstić information content (AvgIpc) is 2.66. The summed E-state index contributed by atoms with van der Waals surface area (Å²) in [6, 6.07) is 5.48. The Morgan fingerprint density at radius 3 is 2.74 bits per heavy atom. The molecule has 1 aromatic carbocycles. The van der Waals surface area contributed by atoms with Crippen LogP contribution in [0.5, 0.6) is 0 Å². The summed E-state index contributed by atoms with van der Waals surface area (Å²) in [7, 11) is 0. The van der Waals surface area contributed by atoms with E-state index in [2.05, 4.69) is 0 Å². The molecule has 1 fully saturated rings. The Kier molecular flexibility index (Phi) is 5.48. The average molecular weight is 305 g/mol. The number of aliphatic hydroxyl groups is 2. The van der Waals surface area contributed by atoms with Crippen LogP contribution in [0.3, 0.4) is 0 Å². The van der Waals surface area contributed by atoms with E-state index >= 15 is 0 Å². The summed E-state index contributed by atoms with van der Waals surface area (Å²) in [4.78, 5) is 0. The molecule has 2 rings (SSSR count). The zero-order valence-corrected chi connectivity index (χ0v) is 12.1. The third-order valence-electron chi connectivity index (χ3n) is 3.55. The van der Waals surface area contributed by atoms with Gasteiger partial charge in [0.1, 0.15) is 6.10 Å². The molecule has 3 atom stereocenters. The van der Waals surface area contributed by atoms with Crippen molar-refractivity contribution in [2.75, 3.05) is 13.2 Å². The topological polar surface area (TPSA) is 49.7 Å². The first-order valence-electron chi connectivity index (χ1n) is 6.49. The van der Waals surface area contributed by atoms with Gasteiger partial charge in [0.25, 0.3) is 0 Å². The number of benzene rings is 1. The molecule has 3 nitrogen and oxygen atoms in total. The Labute approximate surface area is 123 Å². The molecule has 1 heterocycles. The lowest BCUT2D eigenvalue weighted by atomic mass is 9.87. The molecule has 0 unspecified atom stereocenters. The first-order valence-corrected chi connectivity index (χ1v) is 7.24. The predicted molar refractivity (Wildman–Crippen MR) is 75.9 cm³/mol. The molecule has 5 heteroatoms. The number of hydrogen-bond acceptors (Lipinski definition) is 3. The van der Waals surface area contributed by atoms with Gasteiger partial charge in [0.05, 0.1) is 22.8 Å². The van der Waals surface area contributed by atoms with Crippen molar-refractivity contribution < 1.29 is 14.9 Å². The Bertz CT molecular complexity index is 425. The van der Waals surface area contributed by atoms with E-state index in [0.717, 1.165) is 24.8 Å². The van der Waals surface area contributed by atoms with Gasteiger partial charge in [-0.15, -0.1) is 0 Å². The van der Waals surface area contributed by atoms with E-state index in [9.17, 15) is 5.11 Å². The van der Waals surface area contributed by atoms with Crippen LogP contribution in [0, 0.1) is 0 Å². The second-order valence-corrected chi connectivity index (χ2v) is 5.68. The Balaban J connectivity index is 2.28. The van der Waals surface area contributed by atoms with Gasteiger partial charge in [-0.1, -0.05) is 35.7 Å². The van der Waals surface area contributed by atoms with E-state index in [1.54, 1.807) is 6.07 Å². The Morgan fingerprint density at radius 1 is 1.26 bits per heavy atom. The zero-order valence-electron chi connectivity index (χ0n) is 10.6. The largest absolute Gasteiger partial charge is 0.394 e. The molecule has 0 aliphatic carbocycles. The van der Waals surface area contributed by atoms with Gasteiger partial charge in [0.2, 0.25) is 0 Å². The summed E-state index contributed by atoms with van der Waals surface area (Å²) < 4.78 is 5.71. The van der Waals surface area contributed by atoms with E-state index in [1.807, 2.05) is 12.1 Å². The number of halogens is 2. The lowest BCUT2D eigenvalue weighted by Crippen LogP contribution is -2.36. The van der Waals surface area contributed by atoms with Crippen LogP contribution in [-0.2, 0) is 4.74 Å². The minimum absolute atomic E-state index is 0.0272. The van der Waals surface area contributed by atoms with Crippen molar-refractivity contribution in [3.8, 4) is 0 Å². The molecular weight excluding hydrogens is 287 g/mol. The van der Waals surface area contributed by atoms with Crippen LogP contribution in [0.2, 0.25) is 10.0 Å². The molecule has 0 amide bonds. The highest BCUT2D eigenvalue weighted by molar-refractivity contribution is 6.42. The highest BCUT2D eigenvalue weighted by Crippen LogP contribution is 2.35. The second kappa shape index (κ2) is 6.91. The molecule has 0 spiro atoms. The van der Waals surface area contributed by atoms with E-state index < -0.39 is 12.2 Å². The number of hydrogen-bond donors (Lipinski definition) is 2. The van der Waals surface area contributed by atoms with Crippen molar-refractivity contribution in [2.45, 2.75) is 37.4 Å². The molecule has 2 N–H and O–H groups in total. The summed E-state index contributed by atoms with van der Waals surface area (Å²) in [6.07, 6.45) is 1.62. The maximum Gasteiger partial charge on any atom is 0.104 e. The van der Waals surface area contributed by atoms with Crippen LogP contribution in [-0.4, -0.2) is 35.6 Å². The Morgan fingerprint density at radius 2 is 2.05 bits per heavy atom. The lowest BCUT2D eigenvalue weighted by Gasteiger charge is -2.28. The number of rotatable bonds is 3. The van der Waals surface area contributed by atoms with Crippen LogP contribution in [0.15, 0.2) is 18.2 Å². The zero-order chi connectivity index (χ0) is 13.8. The van der Waals surface area contributed by atoms with Crippen LogP contribution < -0.4 is 0 Å². The normalized spacial score (nSPS) is 25.9. The summed E-state index contributed by atoms with van der Waals surface area (Å²) in [5.41, 5.74) is 0.994. The standard InChI is InChI=1S/C14H18Cl2O3/c15-11-5-4-9(7-12(11)16)10-3-1-2-6-19-14(10)13(18)8-17/h4-5,7,10,13-14,17-18H,1-3,6,8H2/t10-,13-,14+/m0/s1. The number of ether oxygens (including phenoxy) is 1.